The van der Waals surface area contributed by atoms with Gasteiger partial charge in [0.15, 0.2) is 10.7 Å². The Kier molecular flexibility index (Phi) is 13.8. The van der Waals surface area contributed by atoms with Crippen LogP contribution in [0.5, 0.6) is 5.75 Å². The van der Waals surface area contributed by atoms with Crippen molar-refractivity contribution in [2.75, 3.05) is 31.1 Å². The van der Waals surface area contributed by atoms with E-state index in [-0.39, 0.29) is 15.7 Å². The molecule has 16 heteroatoms. The van der Waals surface area contributed by atoms with Crippen molar-refractivity contribution in [3.63, 3.8) is 0 Å². The monoisotopic (exact) mass is 950 g/mol. The average Bonchev–Trinajstić information content (AvgIpc) is 3.89. The highest BCUT2D eigenvalue weighted by Gasteiger charge is 2.52. The Bertz CT molecular complexity index is 2970. The van der Waals surface area contributed by atoms with Crippen LogP contribution in [0.3, 0.4) is 0 Å². The van der Waals surface area contributed by atoms with Crippen LogP contribution in [0.1, 0.15) is 112 Å². The maximum Gasteiger partial charge on any atom is 0.295 e. The van der Waals surface area contributed by atoms with Crippen molar-refractivity contribution in [1.29, 1.82) is 5.26 Å². The minimum absolute atomic E-state index is 0.0457. The Labute approximate surface area is 392 Å². The Morgan fingerprint density at radius 3 is 2.44 bits per heavy atom. The first kappa shape index (κ1) is 47.3. The van der Waals surface area contributed by atoms with Crippen molar-refractivity contribution in [2.45, 2.75) is 118 Å². The summed E-state index contributed by atoms with van der Waals surface area (Å²) in [7, 11) is -9.05. The number of hydrogen-bond acceptors (Lipinski definition) is 10. The molecule has 0 saturated carbocycles. The van der Waals surface area contributed by atoms with Gasteiger partial charge < -0.3 is 15.0 Å². The molecule has 5 heterocycles. The Balaban J connectivity index is 0.953. The number of allylic oxidation sites excluding steroid dienone is 6. The number of anilines is 1. The summed E-state index contributed by atoms with van der Waals surface area (Å²) in [5.41, 5.74) is 6.19. The number of nitrogens with one attached hydrogen (secondary N) is 1. The standard InChI is InChI=1S/C50H55N5O8S3/c1-4-5-26-49(2)41(54-29-12-15-34-20-24-39(65(57,58)59)45(49)47(34)54)17-8-6-9-18-42-50(3,46-40(66(60,61)62)25-21-35-16-13-30-55(42)48(35)46)27-11-7-10-19-43(56)52-28-14-31-63-36-22-23-37-38(32-36)64-44(33-51)53-37/h1,6,8-9,17-18,20-25,32H,4-5,7,10-16,19,26-31H2,2-3H3,(H2-,52,56,57,58,59,60,61,62)/p+1. The Morgan fingerprint density at radius 2 is 1.68 bits per heavy atom. The number of aryl methyl sites for hydroxylation is 2. The van der Waals surface area contributed by atoms with Gasteiger partial charge in [-0.1, -0.05) is 49.6 Å². The van der Waals surface area contributed by atoms with Gasteiger partial charge in [-0.05, 0) is 114 Å². The summed E-state index contributed by atoms with van der Waals surface area (Å²) >= 11 is 1.32. The minimum Gasteiger partial charge on any atom is -0.493 e. The van der Waals surface area contributed by atoms with E-state index in [1.807, 2.05) is 74.6 Å². The summed E-state index contributed by atoms with van der Waals surface area (Å²) in [5, 5.41) is 12.5. The summed E-state index contributed by atoms with van der Waals surface area (Å²) in [6.45, 7) is 12.4. The number of amides is 1. The third kappa shape index (κ3) is 9.25. The van der Waals surface area contributed by atoms with Gasteiger partial charge in [-0.3, -0.25) is 13.9 Å². The second kappa shape index (κ2) is 19.2. The number of rotatable bonds is 19. The molecule has 4 aromatic rings. The highest BCUT2D eigenvalue weighted by molar-refractivity contribution is 7.86. The van der Waals surface area contributed by atoms with Gasteiger partial charge in [0.1, 0.15) is 28.2 Å². The molecule has 4 aliphatic rings. The van der Waals surface area contributed by atoms with Gasteiger partial charge in [-0.25, -0.2) is 4.98 Å². The largest absolute Gasteiger partial charge is 0.493 e. The zero-order chi connectivity index (χ0) is 46.9. The van der Waals surface area contributed by atoms with Crippen molar-refractivity contribution in [2.24, 2.45) is 0 Å². The number of nitrogens with zero attached hydrogens (tertiary/aromatic N) is 4. The maximum atomic E-state index is 13.0. The van der Waals surface area contributed by atoms with E-state index in [2.05, 4.69) is 25.8 Å². The lowest BCUT2D eigenvalue weighted by Gasteiger charge is -2.32. The number of unbranched alkanes of at least 4 members (excludes halogenated alkanes) is 3. The maximum absolute atomic E-state index is 13.0. The van der Waals surface area contributed by atoms with Gasteiger partial charge in [-0.15, -0.1) is 11.3 Å². The first-order valence-corrected chi connectivity index (χ1v) is 26.4. The number of thiazole rings is 1. The number of carbonyl (C=O) groups is 1. The van der Waals surface area contributed by atoms with E-state index in [0.29, 0.717) is 99.5 Å². The second-order valence-electron chi connectivity index (χ2n) is 18.0. The van der Waals surface area contributed by atoms with Crippen LogP contribution in [0.4, 0.5) is 11.4 Å². The van der Waals surface area contributed by atoms with Gasteiger partial charge in [0.25, 0.3) is 20.2 Å². The molecular weight excluding hydrogens is 895 g/mol. The number of hydrogen-bond donors (Lipinski definition) is 3. The first-order chi connectivity index (χ1) is 31.6. The molecule has 8 rings (SSSR count). The summed E-state index contributed by atoms with van der Waals surface area (Å²) in [6.07, 6.45) is 18.6. The highest BCUT2D eigenvalue weighted by atomic mass is 32.2. The van der Waals surface area contributed by atoms with E-state index in [4.69, 9.17) is 16.9 Å². The summed E-state index contributed by atoms with van der Waals surface area (Å²) in [5.74, 6) is 0.639. The third-order valence-corrected chi connectivity index (χ3v) is 16.3. The molecule has 2 unspecified atom stereocenters. The van der Waals surface area contributed by atoms with Crippen LogP contribution in [-0.2, 0) is 48.7 Å². The van der Waals surface area contributed by atoms with Gasteiger partial charge in [0.05, 0.1) is 27.8 Å². The van der Waals surface area contributed by atoms with E-state index in [1.165, 1.54) is 23.5 Å². The molecule has 346 valence electrons. The van der Waals surface area contributed by atoms with Crippen LogP contribution in [0.15, 0.2) is 88.3 Å². The zero-order valence-electron chi connectivity index (χ0n) is 37.4. The highest BCUT2D eigenvalue weighted by Crippen LogP contribution is 2.56. The molecule has 0 saturated heterocycles. The fourth-order valence-corrected chi connectivity index (χ4v) is 13.0. The molecule has 2 atom stereocenters. The zero-order valence-corrected chi connectivity index (χ0v) is 39.8. The van der Waals surface area contributed by atoms with Gasteiger partial charge >= 0.3 is 0 Å². The number of aromatic nitrogens is 1. The van der Waals surface area contributed by atoms with Crippen LogP contribution >= 0.6 is 11.3 Å². The van der Waals surface area contributed by atoms with Crippen LogP contribution < -0.4 is 15.0 Å². The number of fused-ring (bicyclic) bond motifs is 1. The van der Waals surface area contributed by atoms with Crippen LogP contribution in [-0.4, -0.2) is 73.4 Å². The quantitative estimate of drug-likeness (QED) is 0.0352. The van der Waals surface area contributed by atoms with Crippen molar-refractivity contribution >= 4 is 64.8 Å². The molecule has 0 spiro atoms. The molecule has 3 N–H and O–H groups in total. The van der Waals surface area contributed by atoms with Gasteiger partial charge in [-0.2, -0.15) is 26.7 Å². The van der Waals surface area contributed by atoms with Crippen LogP contribution in [0, 0.1) is 18.3 Å². The van der Waals surface area contributed by atoms with Crippen molar-refractivity contribution in [3.05, 3.63) is 113 Å². The molecule has 4 aliphatic heterocycles. The number of nitriles is 1. The predicted molar refractivity (Wildman–Crippen MR) is 256 cm³/mol. The lowest BCUT2D eigenvalue weighted by molar-refractivity contribution is -0.443. The fourth-order valence-electron chi connectivity index (χ4n) is 10.6. The topological polar surface area (TPSA) is 190 Å². The molecule has 0 bridgehead atoms. The third-order valence-electron chi connectivity index (χ3n) is 13.6. The van der Waals surface area contributed by atoms with E-state index < -0.39 is 31.1 Å². The molecular formula is C50H56N5O8S3+. The van der Waals surface area contributed by atoms with E-state index in [1.54, 1.807) is 0 Å². The summed E-state index contributed by atoms with van der Waals surface area (Å²) in [4.78, 5) is 19.1. The molecule has 1 amide bonds. The SMILES string of the molecule is [CH]CCCC1(C)/C(=C/C=C/C=C/C2=[N+]3CCCc4ccc(S(=O)(=O)O)c(c43)C2(C)CCCCCC(=O)NCCCOc2ccc3nc(C#N)sc3c2)N2CCCc3ccc(S(=O)(=O)O)c1c32. The normalized spacial score (nSPS) is 20.7. The minimum atomic E-state index is -4.56. The number of ether oxygens (including phenoxy) is 1. The van der Waals surface area contributed by atoms with Crippen molar-refractivity contribution in [3.8, 4) is 11.8 Å². The van der Waals surface area contributed by atoms with Gasteiger partial charge in [0.2, 0.25) is 11.6 Å². The van der Waals surface area contributed by atoms with Crippen molar-refractivity contribution in [1.82, 2.24) is 10.3 Å². The van der Waals surface area contributed by atoms with Crippen LogP contribution in [0.2, 0.25) is 0 Å². The average molecular weight is 951 g/mol. The summed E-state index contributed by atoms with van der Waals surface area (Å²) in [6, 6.07) is 14.3. The first-order valence-electron chi connectivity index (χ1n) is 22.7. The van der Waals surface area contributed by atoms with Gasteiger partial charge in [0, 0.05) is 59.9 Å². The predicted octanol–water partition coefficient (Wildman–Crippen LogP) is 9.10. The Morgan fingerprint density at radius 1 is 0.939 bits per heavy atom. The molecule has 0 aliphatic carbocycles. The van der Waals surface area contributed by atoms with E-state index in [9.17, 15) is 30.7 Å². The molecule has 13 nitrogen and oxygen atoms in total. The molecule has 0 fully saturated rings. The summed E-state index contributed by atoms with van der Waals surface area (Å²) < 4.78 is 81.2. The second-order valence-corrected chi connectivity index (χ2v) is 21.8. The van der Waals surface area contributed by atoms with Crippen molar-refractivity contribution < 1.29 is 40.0 Å². The lowest BCUT2D eigenvalue weighted by atomic mass is 9.74. The lowest BCUT2D eigenvalue weighted by Crippen LogP contribution is -2.32. The molecule has 3 aromatic carbocycles. The van der Waals surface area contributed by atoms with Crippen LogP contribution in [0.25, 0.3) is 10.2 Å². The molecule has 1 aromatic heterocycles. The fraction of sp³-hybridized carbons (Fsp3) is 0.420. The van der Waals surface area contributed by atoms with E-state index >= 15 is 0 Å². The van der Waals surface area contributed by atoms with E-state index in [0.717, 1.165) is 76.2 Å². The smallest absolute Gasteiger partial charge is 0.295 e. The Hall–Kier alpha value is -5.18. The molecule has 2 radical (unpaired) electrons. The molecule has 66 heavy (non-hydrogen) atoms. The number of carbonyl (C=O) groups excluding carboxylic acids is 1. The number of benzene rings is 3.